The summed E-state index contributed by atoms with van der Waals surface area (Å²) in [5.41, 5.74) is 0.946. The van der Waals surface area contributed by atoms with Crippen LogP contribution in [0.5, 0.6) is 0 Å². The van der Waals surface area contributed by atoms with E-state index in [9.17, 15) is 9.59 Å². The summed E-state index contributed by atoms with van der Waals surface area (Å²) in [7, 11) is 0. The molecule has 0 saturated carbocycles. The summed E-state index contributed by atoms with van der Waals surface area (Å²) in [4.78, 5) is 26.4. The van der Waals surface area contributed by atoms with Gasteiger partial charge in [-0.05, 0) is 32.1 Å². The number of carbonyl (C=O) groups is 2. The van der Waals surface area contributed by atoms with Crippen LogP contribution in [0, 0.1) is 0 Å². The van der Waals surface area contributed by atoms with Gasteiger partial charge in [-0.3, -0.25) is 4.98 Å². The maximum atomic E-state index is 11.4. The molecule has 0 fully saturated rings. The van der Waals surface area contributed by atoms with Crippen LogP contribution >= 0.6 is 0 Å². The lowest BCUT2D eigenvalue weighted by atomic mass is 10.2. The highest BCUT2D eigenvalue weighted by Crippen LogP contribution is 2.04. The van der Waals surface area contributed by atoms with E-state index < -0.39 is 11.9 Å². The number of rotatable bonds is 5. The van der Waals surface area contributed by atoms with E-state index in [1.165, 1.54) is 18.3 Å². The first-order valence-electron chi connectivity index (χ1n) is 5.65. The molecule has 1 aromatic heterocycles. The second kappa shape index (κ2) is 7.21. The van der Waals surface area contributed by atoms with Crippen LogP contribution in [-0.4, -0.2) is 30.1 Å². The molecule has 5 nitrogen and oxygen atoms in total. The van der Waals surface area contributed by atoms with Gasteiger partial charge in [0.25, 0.3) is 0 Å². The van der Waals surface area contributed by atoms with Gasteiger partial charge in [0.15, 0.2) is 0 Å². The predicted molar refractivity (Wildman–Crippen MR) is 65.9 cm³/mol. The van der Waals surface area contributed by atoms with Crippen molar-refractivity contribution in [1.82, 2.24) is 4.98 Å². The molecular weight excluding hydrogens is 234 g/mol. The highest BCUT2D eigenvalue weighted by molar-refractivity contribution is 5.89. The standard InChI is InChI=1S/C13H15NO4/c1-3-17-12(15)8-7-11-6-5-10(9-14-11)13(16)18-4-2/h5-9H,3-4H2,1-2H3/b8-7+. The minimum absolute atomic E-state index is 0.323. The first kappa shape index (κ1) is 13.9. The maximum Gasteiger partial charge on any atom is 0.339 e. The Hall–Kier alpha value is -2.17. The minimum Gasteiger partial charge on any atom is -0.463 e. The van der Waals surface area contributed by atoms with Crippen LogP contribution in [0.25, 0.3) is 6.08 Å². The normalized spacial score (nSPS) is 10.3. The first-order valence-corrected chi connectivity index (χ1v) is 5.65. The molecule has 1 heterocycles. The van der Waals surface area contributed by atoms with Gasteiger partial charge in [-0.25, -0.2) is 9.59 Å². The van der Waals surface area contributed by atoms with Crippen molar-refractivity contribution >= 4 is 18.0 Å². The van der Waals surface area contributed by atoms with E-state index in [0.717, 1.165) is 0 Å². The zero-order chi connectivity index (χ0) is 13.4. The van der Waals surface area contributed by atoms with Crippen LogP contribution in [0.15, 0.2) is 24.4 Å². The van der Waals surface area contributed by atoms with Crippen molar-refractivity contribution in [2.24, 2.45) is 0 Å². The molecule has 0 saturated heterocycles. The molecule has 0 unspecified atom stereocenters. The minimum atomic E-state index is -0.422. The fourth-order valence-corrected chi connectivity index (χ4v) is 1.18. The van der Waals surface area contributed by atoms with Crippen LogP contribution in [0.4, 0.5) is 0 Å². The van der Waals surface area contributed by atoms with Crippen molar-refractivity contribution in [3.05, 3.63) is 35.7 Å². The molecule has 0 aromatic carbocycles. The van der Waals surface area contributed by atoms with Gasteiger partial charge in [0.05, 0.1) is 24.5 Å². The van der Waals surface area contributed by atoms with E-state index in [-0.39, 0.29) is 0 Å². The average molecular weight is 249 g/mol. The number of nitrogens with zero attached hydrogens (tertiary/aromatic N) is 1. The second-order valence-corrected chi connectivity index (χ2v) is 3.28. The van der Waals surface area contributed by atoms with E-state index in [0.29, 0.717) is 24.5 Å². The van der Waals surface area contributed by atoms with Crippen LogP contribution in [-0.2, 0) is 14.3 Å². The predicted octanol–water partition coefficient (Wildman–Crippen LogP) is 1.83. The van der Waals surface area contributed by atoms with Crippen LogP contribution < -0.4 is 0 Å². The van der Waals surface area contributed by atoms with Crippen molar-refractivity contribution in [3.63, 3.8) is 0 Å². The molecule has 5 heteroatoms. The molecule has 96 valence electrons. The number of carbonyl (C=O) groups excluding carboxylic acids is 2. The summed E-state index contributed by atoms with van der Waals surface area (Å²) in [5.74, 6) is -0.834. The largest absolute Gasteiger partial charge is 0.463 e. The molecule has 0 aliphatic carbocycles. The van der Waals surface area contributed by atoms with E-state index in [1.54, 1.807) is 26.0 Å². The number of esters is 2. The Morgan fingerprint density at radius 2 is 1.94 bits per heavy atom. The van der Waals surface area contributed by atoms with Gasteiger partial charge < -0.3 is 9.47 Å². The molecule has 0 radical (unpaired) electrons. The summed E-state index contributed by atoms with van der Waals surface area (Å²) in [6, 6.07) is 3.22. The molecule has 0 aliphatic rings. The monoisotopic (exact) mass is 249 g/mol. The SMILES string of the molecule is CCOC(=O)/C=C/c1ccc(C(=O)OCC)cn1. The summed E-state index contributed by atoms with van der Waals surface area (Å²) >= 11 is 0. The van der Waals surface area contributed by atoms with E-state index in [4.69, 9.17) is 9.47 Å². The van der Waals surface area contributed by atoms with Crippen molar-refractivity contribution < 1.29 is 19.1 Å². The van der Waals surface area contributed by atoms with Crippen molar-refractivity contribution in [2.45, 2.75) is 13.8 Å². The summed E-state index contributed by atoms with van der Waals surface area (Å²) in [6.07, 6.45) is 4.21. The quantitative estimate of drug-likeness (QED) is 0.588. The Bertz CT molecular complexity index is 437. The molecule has 0 atom stereocenters. The van der Waals surface area contributed by atoms with Crippen molar-refractivity contribution in [2.75, 3.05) is 13.2 Å². The molecule has 0 N–H and O–H groups in total. The molecular formula is C13H15NO4. The lowest BCUT2D eigenvalue weighted by Crippen LogP contribution is -2.05. The molecule has 0 aliphatic heterocycles. The van der Waals surface area contributed by atoms with E-state index in [1.807, 2.05) is 0 Å². The smallest absolute Gasteiger partial charge is 0.339 e. The first-order chi connectivity index (χ1) is 8.67. The molecule has 1 aromatic rings. The zero-order valence-corrected chi connectivity index (χ0v) is 10.4. The van der Waals surface area contributed by atoms with Crippen molar-refractivity contribution in [3.8, 4) is 0 Å². The Labute approximate surface area is 105 Å². The van der Waals surface area contributed by atoms with Gasteiger partial charge in [-0.2, -0.15) is 0 Å². The number of aromatic nitrogens is 1. The highest BCUT2D eigenvalue weighted by Gasteiger charge is 2.05. The molecule has 18 heavy (non-hydrogen) atoms. The van der Waals surface area contributed by atoms with Crippen molar-refractivity contribution in [1.29, 1.82) is 0 Å². The second-order valence-electron chi connectivity index (χ2n) is 3.28. The Morgan fingerprint density at radius 1 is 1.22 bits per heavy atom. The van der Waals surface area contributed by atoms with Gasteiger partial charge in [0.2, 0.25) is 0 Å². The summed E-state index contributed by atoms with van der Waals surface area (Å²) < 4.78 is 9.56. The number of ether oxygens (including phenoxy) is 2. The van der Waals surface area contributed by atoms with E-state index in [2.05, 4.69) is 4.98 Å². The highest BCUT2D eigenvalue weighted by atomic mass is 16.5. The topological polar surface area (TPSA) is 65.5 Å². The summed E-state index contributed by atoms with van der Waals surface area (Å²) in [5, 5.41) is 0. The van der Waals surface area contributed by atoms with Gasteiger partial charge in [0.1, 0.15) is 0 Å². The lowest BCUT2D eigenvalue weighted by molar-refractivity contribution is -0.137. The van der Waals surface area contributed by atoms with Gasteiger partial charge in [0, 0.05) is 12.3 Å². The Morgan fingerprint density at radius 3 is 2.50 bits per heavy atom. The number of hydrogen-bond donors (Lipinski definition) is 0. The Balaban J connectivity index is 2.65. The van der Waals surface area contributed by atoms with Gasteiger partial charge >= 0.3 is 11.9 Å². The summed E-state index contributed by atoms with van der Waals surface area (Å²) in [6.45, 7) is 4.13. The average Bonchev–Trinajstić information content (AvgIpc) is 2.37. The third-order valence-electron chi connectivity index (χ3n) is 1.97. The number of hydrogen-bond acceptors (Lipinski definition) is 5. The Kier molecular flexibility index (Phi) is 5.57. The molecule has 1 rings (SSSR count). The number of pyridine rings is 1. The third-order valence-corrected chi connectivity index (χ3v) is 1.97. The zero-order valence-electron chi connectivity index (χ0n) is 10.4. The lowest BCUT2D eigenvalue weighted by Gasteiger charge is -2.01. The maximum absolute atomic E-state index is 11.4. The molecule has 0 spiro atoms. The molecule has 0 amide bonds. The van der Waals surface area contributed by atoms with Gasteiger partial charge in [-0.15, -0.1) is 0 Å². The van der Waals surface area contributed by atoms with Crippen LogP contribution in [0.2, 0.25) is 0 Å². The van der Waals surface area contributed by atoms with Crippen LogP contribution in [0.3, 0.4) is 0 Å². The van der Waals surface area contributed by atoms with E-state index >= 15 is 0 Å². The fourth-order valence-electron chi connectivity index (χ4n) is 1.18. The van der Waals surface area contributed by atoms with Gasteiger partial charge in [-0.1, -0.05) is 0 Å². The third kappa shape index (κ3) is 4.37. The fraction of sp³-hybridized carbons (Fsp3) is 0.308. The van der Waals surface area contributed by atoms with Crippen LogP contribution in [0.1, 0.15) is 29.9 Å². The molecule has 0 bridgehead atoms.